The number of likely N-dealkylation sites (tertiary alicyclic amines) is 1. The van der Waals surface area contributed by atoms with E-state index in [-0.39, 0.29) is 29.9 Å². The number of hydrogen-bond acceptors (Lipinski definition) is 5. The number of carbonyl (C=O) groups is 3. The molecule has 2 saturated heterocycles. The van der Waals surface area contributed by atoms with Crippen LogP contribution in [0, 0.1) is 0 Å². The average molecular weight is 318 g/mol. The number of carbonyl (C=O) groups excluding carboxylic acids is 2. The van der Waals surface area contributed by atoms with Crippen molar-refractivity contribution in [1.29, 1.82) is 0 Å². The summed E-state index contributed by atoms with van der Waals surface area (Å²) in [5.74, 6) is -1.62. The first-order valence-electron chi connectivity index (χ1n) is 7.59. The van der Waals surface area contributed by atoms with Crippen LogP contribution in [0.1, 0.15) is 29.6 Å². The fourth-order valence-corrected chi connectivity index (χ4v) is 3.12. The van der Waals surface area contributed by atoms with Crippen LogP contribution in [-0.4, -0.2) is 58.1 Å². The molecule has 0 spiro atoms. The number of amides is 2. The lowest BCUT2D eigenvalue weighted by Crippen LogP contribution is -2.46. The Kier molecular flexibility index (Phi) is 4.14. The van der Waals surface area contributed by atoms with E-state index in [9.17, 15) is 19.5 Å². The molecule has 2 amide bonds. The van der Waals surface area contributed by atoms with E-state index < -0.39 is 12.0 Å². The van der Waals surface area contributed by atoms with Crippen molar-refractivity contribution in [3.05, 3.63) is 29.8 Å². The van der Waals surface area contributed by atoms with Crippen LogP contribution in [0.2, 0.25) is 0 Å². The number of anilines is 1. The molecule has 23 heavy (non-hydrogen) atoms. The standard InChI is InChI=1S/C16H18N2O5/c19-12-5-7-17(8-6-12)13-9-14(20)18(15(13)21)11-3-1-10(2-4-11)16(22)23/h1-4,12-13,19H,5-9H2,(H,22,23)/t13-/m1/s1. The van der Waals surface area contributed by atoms with E-state index >= 15 is 0 Å². The summed E-state index contributed by atoms with van der Waals surface area (Å²) in [6, 6.07) is 5.21. The number of imide groups is 1. The molecule has 2 heterocycles. The first kappa shape index (κ1) is 15.6. The smallest absolute Gasteiger partial charge is 0.335 e. The van der Waals surface area contributed by atoms with Crippen LogP contribution in [-0.2, 0) is 9.59 Å². The van der Waals surface area contributed by atoms with Crippen molar-refractivity contribution in [3.63, 3.8) is 0 Å². The fourth-order valence-electron chi connectivity index (χ4n) is 3.12. The largest absolute Gasteiger partial charge is 0.478 e. The molecule has 2 aliphatic rings. The average Bonchev–Trinajstić information content (AvgIpc) is 2.83. The second-order valence-electron chi connectivity index (χ2n) is 5.91. The predicted molar refractivity (Wildman–Crippen MR) is 81.1 cm³/mol. The lowest BCUT2D eigenvalue weighted by Gasteiger charge is -2.32. The second kappa shape index (κ2) is 6.10. The van der Waals surface area contributed by atoms with Crippen LogP contribution < -0.4 is 4.90 Å². The van der Waals surface area contributed by atoms with Crippen molar-refractivity contribution >= 4 is 23.5 Å². The van der Waals surface area contributed by atoms with E-state index in [0.29, 0.717) is 31.6 Å². The van der Waals surface area contributed by atoms with Crippen LogP contribution in [0.4, 0.5) is 5.69 Å². The summed E-state index contributed by atoms with van der Waals surface area (Å²) in [4.78, 5) is 38.8. The minimum absolute atomic E-state index is 0.106. The van der Waals surface area contributed by atoms with Gasteiger partial charge < -0.3 is 10.2 Å². The van der Waals surface area contributed by atoms with E-state index in [1.807, 2.05) is 4.90 Å². The molecule has 1 aromatic carbocycles. The highest BCUT2D eigenvalue weighted by atomic mass is 16.4. The molecule has 2 N–H and O–H groups in total. The Hall–Kier alpha value is -2.25. The molecule has 0 aliphatic carbocycles. The highest BCUT2D eigenvalue weighted by Gasteiger charge is 2.43. The van der Waals surface area contributed by atoms with Crippen LogP contribution in [0.25, 0.3) is 0 Å². The topological polar surface area (TPSA) is 98.2 Å². The number of hydrogen-bond donors (Lipinski definition) is 2. The number of benzene rings is 1. The summed E-state index contributed by atoms with van der Waals surface area (Å²) < 4.78 is 0. The quantitative estimate of drug-likeness (QED) is 0.786. The number of aromatic carboxylic acids is 1. The molecule has 0 unspecified atom stereocenters. The van der Waals surface area contributed by atoms with Gasteiger partial charge in [-0.25, -0.2) is 9.69 Å². The van der Waals surface area contributed by atoms with Gasteiger partial charge in [0.05, 0.1) is 29.8 Å². The highest BCUT2D eigenvalue weighted by Crippen LogP contribution is 2.27. The predicted octanol–water partition coefficient (Wildman–Crippen LogP) is 0.473. The molecular weight excluding hydrogens is 300 g/mol. The van der Waals surface area contributed by atoms with Crippen LogP contribution in [0.15, 0.2) is 24.3 Å². The maximum Gasteiger partial charge on any atom is 0.335 e. The molecule has 3 rings (SSSR count). The third kappa shape index (κ3) is 2.97. The van der Waals surface area contributed by atoms with E-state index in [1.165, 1.54) is 24.3 Å². The molecule has 0 saturated carbocycles. The van der Waals surface area contributed by atoms with Gasteiger partial charge in [-0.15, -0.1) is 0 Å². The molecule has 0 aromatic heterocycles. The first-order chi connectivity index (χ1) is 11.0. The SMILES string of the molecule is O=C(O)c1ccc(N2C(=O)C[C@@H](N3CCC(O)CC3)C2=O)cc1. The Labute approximate surface area is 133 Å². The highest BCUT2D eigenvalue weighted by molar-refractivity contribution is 6.22. The number of piperidine rings is 1. The van der Waals surface area contributed by atoms with Gasteiger partial charge in [-0.3, -0.25) is 14.5 Å². The third-order valence-electron chi connectivity index (χ3n) is 4.44. The maximum absolute atomic E-state index is 12.6. The van der Waals surface area contributed by atoms with Gasteiger partial charge in [0.2, 0.25) is 5.91 Å². The number of rotatable bonds is 3. The Balaban J connectivity index is 1.77. The van der Waals surface area contributed by atoms with Crippen LogP contribution >= 0.6 is 0 Å². The molecule has 122 valence electrons. The Morgan fingerprint density at radius 3 is 2.26 bits per heavy atom. The van der Waals surface area contributed by atoms with Crippen molar-refractivity contribution in [2.24, 2.45) is 0 Å². The molecule has 0 radical (unpaired) electrons. The Morgan fingerprint density at radius 1 is 1.09 bits per heavy atom. The summed E-state index contributed by atoms with van der Waals surface area (Å²) >= 11 is 0. The minimum atomic E-state index is -1.06. The number of carboxylic acids is 1. The molecule has 0 bridgehead atoms. The lowest BCUT2D eigenvalue weighted by molar-refractivity contribution is -0.123. The second-order valence-corrected chi connectivity index (χ2v) is 5.91. The van der Waals surface area contributed by atoms with Crippen molar-refractivity contribution in [3.8, 4) is 0 Å². The summed E-state index contributed by atoms with van der Waals surface area (Å²) in [5, 5.41) is 18.5. The van der Waals surface area contributed by atoms with Gasteiger partial charge in [0.15, 0.2) is 0 Å². The lowest BCUT2D eigenvalue weighted by atomic mass is 10.1. The van der Waals surface area contributed by atoms with Gasteiger partial charge in [-0.05, 0) is 37.1 Å². The third-order valence-corrected chi connectivity index (χ3v) is 4.44. The van der Waals surface area contributed by atoms with Gasteiger partial charge in [-0.1, -0.05) is 0 Å². The Bertz CT molecular complexity index is 634. The zero-order valence-electron chi connectivity index (χ0n) is 12.5. The number of carboxylic acid groups (broad SMARTS) is 1. The van der Waals surface area contributed by atoms with Crippen molar-refractivity contribution in [2.75, 3.05) is 18.0 Å². The maximum atomic E-state index is 12.6. The van der Waals surface area contributed by atoms with Crippen molar-refractivity contribution < 1.29 is 24.6 Å². The summed E-state index contributed by atoms with van der Waals surface area (Å²) in [6.07, 6.45) is 0.990. The molecule has 7 nitrogen and oxygen atoms in total. The molecule has 1 aromatic rings. The van der Waals surface area contributed by atoms with Crippen molar-refractivity contribution in [1.82, 2.24) is 4.90 Å². The van der Waals surface area contributed by atoms with E-state index in [4.69, 9.17) is 5.11 Å². The van der Waals surface area contributed by atoms with Gasteiger partial charge in [0, 0.05) is 13.1 Å². The normalized spacial score (nSPS) is 23.5. The summed E-state index contributed by atoms with van der Waals surface area (Å²) in [7, 11) is 0. The van der Waals surface area contributed by atoms with E-state index in [1.54, 1.807) is 0 Å². The number of aliphatic hydroxyl groups is 1. The molecule has 2 aliphatic heterocycles. The van der Waals surface area contributed by atoms with E-state index in [2.05, 4.69) is 0 Å². The van der Waals surface area contributed by atoms with Gasteiger partial charge in [0.25, 0.3) is 5.91 Å². The van der Waals surface area contributed by atoms with Gasteiger partial charge in [0.1, 0.15) is 0 Å². The zero-order chi connectivity index (χ0) is 16.6. The number of nitrogens with zero attached hydrogens (tertiary/aromatic N) is 2. The Morgan fingerprint density at radius 2 is 1.70 bits per heavy atom. The minimum Gasteiger partial charge on any atom is -0.478 e. The fraction of sp³-hybridized carbons (Fsp3) is 0.438. The summed E-state index contributed by atoms with van der Waals surface area (Å²) in [6.45, 7) is 1.19. The van der Waals surface area contributed by atoms with E-state index in [0.717, 1.165) is 4.90 Å². The molecular formula is C16H18N2O5. The molecule has 7 heteroatoms. The zero-order valence-corrected chi connectivity index (χ0v) is 12.5. The molecule has 2 fully saturated rings. The number of aliphatic hydroxyl groups excluding tert-OH is 1. The van der Waals surface area contributed by atoms with Crippen LogP contribution in [0.5, 0.6) is 0 Å². The van der Waals surface area contributed by atoms with Gasteiger partial charge >= 0.3 is 5.97 Å². The van der Waals surface area contributed by atoms with Gasteiger partial charge in [-0.2, -0.15) is 0 Å². The van der Waals surface area contributed by atoms with Crippen LogP contribution in [0.3, 0.4) is 0 Å². The monoisotopic (exact) mass is 318 g/mol. The van der Waals surface area contributed by atoms with Crippen molar-refractivity contribution in [2.45, 2.75) is 31.4 Å². The first-order valence-corrected chi connectivity index (χ1v) is 7.59. The summed E-state index contributed by atoms with van der Waals surface area (Å²) in [5.41, 5.74) is 0.499. The molecule has 1 atom stereocenters.